The van der Waals surface area contributed by atoms with E-state index in [1.165, 1.54) is 12.1 Å². The summed E-state index contributed by atoms with van der Waals surface area (Å²) in [5, 5.41) is 12.6. The summed E-state index contributed by atoms with van der Waals surface area (Å²) in [5.74, 6) is 0. The van der Waals surface area contributed by atoms with E-state index in [1.807, 2.05) is 22.9 Å². The van der Waals surface area contributed by atoms with Gasteiger partial charge in [0.15, 0.2) is 4.96 Å². The standard InChI is InChI=1S/C12H9N3O2S/c1-8-7-18-12-13-11(6-14(8)12)9-2-4-10(5-3-9)15(16)17/h2-7H,1H3. The first-order valence-corrected chi connectivity index (χ1v) is 6.21. The van der Waals surface area contributed by atoms with Crippen molar-refractivity contribution in [3.05, 3.63) is 51.7 Å². The highest BCUT2D eigenvalue weighted by Gasteiger charge is 2.09. The van der Waals surface area contributed by atoms with Gasteiger partial charge in [-0.2, -0.15) is 0 Å². The van der Waals surface area contributed by atoms with Crippen molar-refractivity contribution in [2.45, 2.75) is 6.92 Å². The van der Waals surface area contributed by atoms with Crippen molar-refractivity contribution in [1.29, 1.82) is 0 Å². The van der Waals surface area contributed by atoms with Gasteiger partial charge in [0.2, 0.25) is 0 Å². The molecule has 0 bridgehead atoms. The van der Waals surface area contributed by atoms with Gasteiger partial charge in [-0.15, -0.1) is 11.3 Å². The van der Waals surface area contributed by atoms with E-state index in [2.05, 4.69) is 4.98 Å². The van der Waals surface area contributed by atoms with Crippen LogP contribution in [-0.4, -0.2) is 14.3 Å². The number of nitrogens with zero attached hydrogens (tertiary/aromatic N) is 3. The lowest BCUT2D eigenvalue weighted by molar-refractivity contribution is -0.384. The number of hydrogen-bond donors (Lipinski definition) is 0. The fourth-order valence-corrected chi connectivity index (χ4v) is 2.64. The Balaban J connectivity index is 2.05. The molecular formula is C12H9N3O2S. The normalized spacial score (nSPS) is 10.9. The minimum atomic E-state index is -0.403. The zero-order chi connectivity index (χ0) is 12.7. The zero-order valence-corrected chi connectivity index (χ0v) is 10.3. The monoisotopic (exact) mass is 259 g/mol. The topological polar surface area (TPSA) is 60.4 Å². The highest BCUT2D eigenvalue weighted by molar-refractivity contribution is 7.15. The second-order valence-electron chi connectivity index (χ2n) is 3.96. The molecule has 0 aliphatic carbocycles. The summed E-state index contributed by atoms with van der Waals surface area (Å²) in [6, 6.07) is 6.44. The second-order valence-corrected chi connectivity index (χ2v) is 4.80. The third-order valence-corrected chi connectivity index (χ3v) is 3.72. The average Bonchev–Trinajstić information content (AvgIpc) is 2.92. The number of aryl methyl sites for hydroxylation is 1. The maximum atomic E-state index is 10.6. The van der Waals surface area contributed by atoms with E-state index >= 15 is 0 Å². The second kappa shape index (κ2) is 3.92. The molecule has 1 aromatic carbocycles. The van der Waals surface area contributed by atoms with Gasteiger partial charge in [-0.1, -0.05) is 0 Å². The van der Waals surface area contributed by atoms with E-state index in [-0.39, 0.29) is 5.69 Å². The number of hydrogen-bond acceptors (Lipinski definition) is 4. The van der Waals surface area contributed by atoms with Crippen molar-refractivity contribution < 1.29 is 4.92 Å². The van der Waals surface area contributed by atoms with Crippen LogP contribution in [0, 0.1) is 17.0 Å². The van der Waals surface area contributed by atoms with Crippen LogP contribution >= 0.6 is 11.3 Å². The van der Waals surface area contributed by atoms with Crippen molar-refractivity contribution in [1.82, 2.24) is 9.38 Å². The van der Waals surface area contributed by atoms with Gasteiger partial charge in [0.25, 0.3) is 5.69 Å². The Hall–Kier alpha value is -2.21. The van der Waals surface area contributed by atoms with Crippen molar-refractivity contribution >= 4 is 22.0 Å². The van der Waals surface area contributed by atoms with Crippen molar-refractivity contribution in [3.63, 3.8) is 0 Å². The van der Waals surface area contributed by atoms with Gasteiger partial charge in [0.05, 0.1) is 10.6 Å². The molecule has 0 saturated carbocycles. The molecule has 2 heterocycles. The zero-order valence-electron chi connectivity index (χ0n) is 9.53. The predicted octanol–water partition coefficient (Wildman–Crippen LogP) is 3.28. The van der Waals surface area contributed by atoms with Crippen LogP contribution in [0.5, 0.6) is 0 Å². The molecule has 3 aromatic rings. The van der Waals surface area contributed by atoms with Gasteiger partial charge in [-0.25, -0.2) is 4.98 Å². The van der Waals surface area contributed by atoms with Gasteiger partial charge in [0, 0.05) is 35.0 Å². The predicted molar refractivity (Wildman–Crippen MR) is 69.9 cm³/mol. The Morgan fingerprint density at radius 3 is 2.67 bits per heavy atom. The summed E-state index contributed by atoms with van der Waals surface area (Å²) >= 11 is 1.58. The van der Waals surface area contributed by atoms with Crippen molar-refractivity contribution in [3.8, 4) is 11.3 Å². The Bertz CT molecular complexity index is 727. The van der Waals surface area contributed by atoms with Crippen molar-refractivity contribution in [2.75, 3.05) is 0 Å². The number of thiazole rings is 1. The van der Waals surface area contributed by atoms with Crippen LogP contribution in [0.1, 0.15) is 5.69 Å². The molecule has 0 unspecified atom stereocenters. The number of rotatable bonds is 2. The lowest BCUT2D eigenvalue weighted by Gasteiger charge is -1.95. The Labute approximate surface area is 106 Å². The number of imidazole rings is 1. The van der Waals surface area contributed by atoms with Crippen LogP contribution in [-0.2, 0) is 0 Å². The number of nitro groups is 1. The lowest BCUT2D eigenvalue weighted by atomic mass is 10.1. The van der Waals surface area contributed by atoms with Crippen LogP contribution in [0.3, 0.4) is 0 Å². The summed E-state index contributed by atoms with van der Waals surface area (Å²) in [6.45, 7) is 2.02. The maximum absolute atomic E-state index is 10.6. The molecule has 90 valence electrons. The first kappa shape index (κ1) is 10.9. The molecule has 0 aliphatic rings. The molecule has 18 heavy (non-hydrogen) atoms. The summed E-state index contributed by atoms with van der Waals surface area (Å²) in [5.41, 5.74) is 2.95. The molecule has 5 nitrogen and oxygen atoms in total. The molecule has 0 saturated heterocycles. The first-order valence-electron chi connectivity index (χ1n) is 5.33. The van der Waals surface area contributed by atoms with Crippen LogP contribution in [0.4, 0.5) is 5.69 Å². The molecule has 0 amide bonds. The van der Waals surface area contributed by atoms with E-state index in [0.29, 0.717) is 0 Å². The largest absolute Gasteiger partial charge is 0.294 e. The maximum Gasteiger partial charge on any atom is 0.269 e. The number of benzene rings is 1. The van der Waals surface area contributed by atoms with Crippen LogP contribution in [0.15, 0.2) is 35.8 Å². The number of non-ortho nitro benzene ring substituents is 1. The highest BCUT2D eigenvalue weighted by atomic mass is 32.1. The Morgan fingerprint density at radius 1 is 1.33 bits per heavy atom. The molecule has 0 fully saturated rings. The molecule has 2 aromatic heterocycles. The van der Waals surface area contributed by atoms with E-state index in [4.69, 9.17) is 0 Å². The van der Waals surface area contributed by atoms with Crippen LogP contribution < -0.4 is 0 Å². The van der Waals surface area contributed by atoms with Crippen molar-refractivity contribution in [2.24, 2.45) is 0 Å². The van der Waals surface area contributed by atoms with Gasteiger partial charge in [-0.3, -0.25) is 14.5 Å². The Kier molecular flexibility index (Phi) is 2.38. The molecule has 0 N–H and O–H groups in total. The quantitative estimate of drug-likeness (QED) is 0.524. The van der Waals surface area contributed by atoms with E-state index < -0.39 is 4.92 Å². The average molecular weight is 259 g/mol. The van der Waals surface area contributed by atoms with E-state index in [9.17, 15) is 10.1 Å². The number of fused-ring (bicyclic) bond motifs is 1. The highest BCUT2D eigenvalue weighted by Crippen LogP contribution is 2.24. The Morgan fingerprint density at radius 2 is 2.06 bits per heavy atom. The minimum absolute atomic E-state index is 0.0935. The first-order chi connectivity index (χ1) is 8.65. The fraction of sp³-hybridized carbons (Fsp3) is 0.0833. The number of aromatic nitrogens is 2. The SMILES string of the molecule is Cc1csc2nc(-c3ccc([N+](=O)[O-])cc3)cn12. The van der Waals surface area contributed by atoms with Crippen LogP contribution in [0.25, 0.3) is 16.2 Å². The molecule has 0 spiro atoms. The fourth-order valence-electron chi connectivity index (χ4n) is 1.79. The molecule has 0 aliphatic heterocycles. The molecule has 3 rings (SSSR count). The summed E-state index contributed by atoms with van der Waals surface area (Å²) in [6.07, 6.45) is 1.95. The van der Waals surface area contributed by atoms with Gasteiger partial charge < -0.3 is 0 Å². The minimum Gasteiger partial charge on any atom is -0.294 e. The smallest absolute Gasteiger partial charge is 0.269 e. The summed E-state index contributed by atoms with van der Waals surface area (Å²) < 4.78 is 2.02. The molecule has 6 heteroatoms. The number of nitro benzene ring substituents is 1. The van der Waals surface area contributed by atoms with Crippen LogP contribution in [0.2, 0.25) is 0 Å². The molecule has 0 atom stereocenters. The van der Waals surface area contributed by atoms with E-state index in [1.54, 1.807) is 23.5 Å². The van der Waals surface area contributed by atoms with Gasteiger partial charge >= 0.3 is 0 Å². The van der Waals surface area contributed by atoms with E-state index in [0.717, 1.165) is 21.9 Å². The molecular weight excluding hydrogens is 250 g/mol. The van der Waals surface area contributed by atoms with Gasteiger partial charge in [-0.05, 0) is 19.1 Å². The van der Waals surface area contributed by atoms with Gasteiger partial charge in [0.1, 0.15) is 0 Å². The third kappa shape index (κ3) is 1.67. The summed E-state index contributed by atoms with van der Waals surface area (Å²) in [7, 11) is 0. The third-order valence-electron chi connectivity index (χ3n) is 2.76. The summed E-state index contributed by atoms with van der Waals surface area (Å²) in [4.78, 5) is 15.6. The lowest BCUT2D eigenvalue weighted by Crippen LogP contribution is -1.87. The molecule has 0 radical (unpaired) electrons.